The van der Waals surface area contributed by atoms with Crippen LogP contribution >= 0.6 is 0 Å². The lowest BCUT2D eigenvalue weighted by Crippen LogP contribution is -2.60. The highest BCUT2D eigenvalue weighted by Gasteiger charge is 2.42. The lowest BCUT2D eigenvalue weighted by atomic mass is 10.0. The van der Waals surface area contributed by atoms with E-state index in [0.717, 1.165) is 16.9 Å². The van der Waals surface area contributed by atoms with E-state index in [1.165, 1.54) is 25.0 Å². The van der Waals surface area contributed by atoms with Gasteiger partial charge in [0, 0.05) is 19.4 Å². The summed E-state index contributed by atoms with van der Waals surface area (Å²) in [5.41, 5.74) is 1.93. The molecule has 2 N–H and O–H groups in total. The maximum absolute atomic E-state index is 14.0. The van der Waals surface area contributed by atoms with Crippen molar-refractivity contribution < 1.29 is 38.6 Å². The number of benzene rings is 2. The molecule has 12 heteroatoms. The van der Waals surface area contributed by atoms with Crippen molar-refractivity contribution in [2.75, 3.05) is 23.6 Å². The summed E-state index contributed by atoms with van der Waals surface area (Å²) in [5, 5.41) is 13.6. The van der Waals surface area contributed by atoms with Crippen molar-refractivity contribution >= 4 is 47.3 Å². The molecule has 1 heterocycles. The quantitative estimate of drug-likeness (QED) is 0.481. The van der Waals surface area contributed by atoms with Crippen molar-refractivity contribution in [3.63, 3.8) is 0 Å². The summed E-state index contributed by atoms with van der Waals surface area (Å²) in [4.78, 5) is 77.5. The second kappa shape index (κ2) is 11.8. The second-order valence-electron chi connectivity index (χ2n) is 9.10. The maximum Gasteiger partial charge on any atom is 0.305 e. The van der Waals surface area contributed by atoms with Crippen molar-refractivity contribution in [3.8, 4) is 5.75 Å². The van der Waals surface area contributed by atoms with E-state index in [-0.39, 0.29) is 29.8 Å². The summed E-state index contributed by atoms with van der Waals surface area (Å²) in [7, 11) is 1.51. The Morgan fingerprint density at radius 2 is 1.72 bits per heavy atom. The highest BCUT2D eigenvalue weighted by Crippen LogP contribution is 2.35. The van der Waals surface area contributed by atoms with Gasteiger partial charge in [0.2, 0.25) is 11.8 Å². The number of aryl methyl sites for hydroxylation is 2. The molecular weight excluding hydrogens is 508 g/mol. The lowest BCUT2D eigenvalue weighted by molar-refractivity contribution is -0.145. The Morgan fingerprint density at radius 1 is 1.13 bits per heavy atom. The average Bonchev–Trinajstić information content (AvgIpc) is 2.98. The number of aliphatic carboxylic acids is 1. The van der Waals surface area contributed by atoms with Gasteiger partial charge in [-0.25, -0.2) is 10.0 Å². The van der Waals surface area contributed by atoms with E-state index in [0.29, 0.717) is 16.9 Å². The van der Waals surface area contributed by atoms with Gasteiger partial charge in [-0.2, -0.15) is 0 Å². The zero-order valence-electron chi connectivity index (χ0n) is 22.3. The molecule has 0 radical (unpaired) electrons. The first kappa shape index (κ1) is 28.8. The summed E-state index contributed by atoms with van der Waals surface area (Å²) in [6.07, 6.45) is -0.511. The van der Waals surface area contributed by atoms with Crippen LogP contribution in [0.4, 0.5) is 11.4 Å². The highest BCUT2D eigenvalue weighted by atomic mass is 16.5. The minimum absolute atomic E-state index is 0.0676. The number of methoxy groups -OCH3 is 1. The molecule has 0 fully saturated rings. The molecule has 1 aliphatic heterocycles. The van der Waals surface area contributed by atoms with Crippen LogP contribution in [0.1, 0.15) is 41.8 Å². The number of ether oxygens (including phenoxy) is 1. The molecule has 0 saturated carbocycles. The molecule has 0 saturated heterocycles. The molecule has 1 aliphatic rings. The molecule has 3 rings (SSSR count). The van der Waals surface area contributed by atoms with Gasteiger partial charge < -0.3 is 24.9 Å². The molecule has 0 aromatic heterocycles. The lowest BCUT2D eigenvalue weighted by Gasteiger charge is -2.38. The van der Waals surface area contributed by atoms with Crippen molar-refractivity contribution in [1.29, 1.82) is 0 Å². The van der Waals surface area contributed by atoms with Crippen LogP contribution in [-0.4, -0.2) is 71.7 Å². The van der Waals surface area contributed by atoms with Gasteiger partial charge in [0.15, 0.2) is 0 Å². The molecule has 0 aliphatic carbocycles. The first-order chi connectivity index (χ1) is 18.4. The third-order valence-electron chi connectivity index (χ3n) is 6.28. The van der Waals surface area contributed by atoms with Crippen LogP contribution in [0.15, 0.2) is 36.4 Å². The number of carboxylic acid groups (broad SMARTS) is 1. The number of hydrogen-bond acceptors (Lipinski definition) is 7. The van der Waals surface area contributed by atoms with Gasteiger partial charge in [0.1, 0.15) is 24.1 Å². The molecule has 2 atom stereocenters. The van der Waals surface area contributed by atoms with Crippen molar-refractivity contribution in [2.45, 2.75) is 46.2 Å². The third kappa shape index (κ3) is 5.89. The molecule has 2 aromatic rings. The number of hydrogen-bond donors (Lipinski definition) is 2. The number of aldehydes is 1. The van der Waals surface area contributed by atoms with Gasteiger partial charge in [-0.05, 0) is 49.2 Å². The molecule has 0 bridgehead atoms. The van der Waals surface area contributed by atoms with E-state index < -0.39 is 48.1 Å². The number of anilines is 2. The summed E-state index contributed by atoms with van der Waals surface area (Å²) < 4.78 is 5.35. The smallest absolute Gasteiger partial charge is 0.305 e. The molecule has 0 spiro atoms. The Kier molecular flexibility index (Phi) is 8.69. The van der Waals surface area contributed by atoms with E-state index >= 15 is 0 Å². The van der Waals surface area contributed by atoms with Crippen molar-refractivity contribution in [3.05, 3.63) is 53.1 Å². The summed E-state index contributed by atoms with van der Waals surface area (Å²) in [6.45, 7) is 5.62. The topological polar surface area (TPSA) is 154 Å². The first-order valence-corrected chi connectivity index (χ1v) is 12.0. The predicted octanol–water partition coefficient (Wildman–Crippen LogP) is 1.62. The van der Waals surface area contributed by atoms with Crippen LogP contribution in [0.5, 0.6) is 5.75 Å². The molecule has 12 nitrogen and oxygen atoms in total. The molecule has 4 amide bonds. The molecular formula is C27H30N4O8. The monoisotopic (exact) mass is 538 g/mol. The molecule has 206 valence electrons. The first-order valence-electron chi connectivity index (χ1n) is 12.0. The number of carbonyl (C=O) groups excluding carboxylic acids is 5. The Hall–Kier alpha value is -4.74. The fourth-order valence-electron chi connectivity index (χ4n) is 4.66. The van der Waals surface area contributed by atoms with E-state index in [1.807, 2.05) is 0 Å². The van der Waals surface area contributed by atoms with Crippen LogP contribution in [0.25, 0.3) is 0 Å². The van der Waals surface area contributed by atoms with Crippen LogP contribution in [0, 0.1) is 13.8 Å². The fraction of sp³-hybridized carbons (Fsp3) is 0.333. The number of carboxylic acids is 1. The number of nitrogens with one attached hydrogen (secondary N) is 1. The average molecular weight is 539 g/mol. The summed E-state index contributed by atoms with van der Waals surface area (Å²) in [5.74, 6) is -3.46. The normalized spacial score (nSPS) is 15.5. The van der Waals surface area contributed by atoms with E-state index in [1.54, 1.807) is 44.2 Å². The number of para-hydroxylation sites is 2. The largest absolute Gasteiger partial charge is 0.496 e. The van der Waals surface area contributed by atoms with Gasteiger partial charge in [0.25, 0.3) is 11.8 Å². The van der Waals surface area contributed by atoms with Crippen LogP contribution in [0.3, 0.4) is 0 Å². The van der Waals surface area contributed by atoms with Crippen LogP contribution in [0.2, 0.25) is 0 Å². The van der Waals surface area contributed by atoms with Crippen molar-refractivity contribution in [2.24, 2.45) is 0 Å². The number of rotatable bonds is 8. The number of carbonyl (C=O) groups is 6. The number of nitrogens with zero attached hydrogens (tertiary/aromatic N) is 3. The number of fused-ring (bicyclic) bond motifs is 1. The Bertz CT molecular complexity index is 1320. The van der Waals surface area contributed by atoms with Gasteiger partial charge in [0.05, 0.1) is 31.5 Å². The maximum atomic E-state index is 14.0. The predicted molar refractivity (Wildman–Crippen MR) is 140 cm³/mol. The van der Waals surface area contributed by atoms with Crippen LogP contribution < -0.4 is 20.0 Å². The van der Waals surface area contributed by atoms with Gasteiger partial charge in [-0.15, -0.1) is 0 Å². The van der Waals surface area contributed by atoms with Gasteiger partial charge in [-0.1, -0.05) is 12.1 Å². The standard InChI is InChI=1S/C27H30N4O8/c1-15-10-19(11-16(2)25(15)39-5)26(37)28-21-13-29(17(3)33)22-8-6-7-9-23(22)31(27(21)38)30(18(4)34)20(14-32)12-24(35)36/h6-11,14,20-21H,12-13H2,1-5H3,(H,28,37)(H,35,36)/t20-,21-/m0/s1. The van der Waals surface area contributed by atoms with E-state index in [2.05, 4.69) is 5.32 Å². The Labute approximate surface area is 225 Å². The van der Waals surface area contributed by atoms with E-state index in [9.17, 15) is 33.9 Å². The number of amides is 4. The zero-order chi connectivity index (χ0) is 29.0. The molecule has 0 unspecified atom stereocenters. The van der Waals surface area contributed by atoms with Gasteiger partial charge >= 0.3 is 5.97 Å². The third-order valence-corrected chi connectivity index (χ3v) is 6.28. The number of hydrazine groups is 1. The Morgan fingerprint density at radius 3 is 2.21 bits per heavy atom. The van der Waals surface area contributed by atoms with Gasteiger partial charge in [-0.3, -0.25) is 24.0 Å². The SMILES string of the molecule is COc1c(C)cc(C(=O)N[C@H]2CN(C(C)=O)c3ccccc3N(N(C(C)=O)[C@H](C=O)CC(=O)O)C2=O)cc1C. The minimum Gasteiger partial charge on any atom is -0.496 e. The molecule has 2 aromatic carbocycles. The second-order valence-corrected chi connectivity index (χ2v) is 9.10. The fourth-order valence-corrected chi connectivity index (χ4v) is 4.66. The van der Waals surface area contributed by atoms with E-state index in [4.69, 9.17) is 4.74 Å². The molecule has 39 heavy (non-hydrogen) atoms. The minimum atomic E-state index is -1.54. The highest BCUT2D eigenvalue weighted by molar-refractivity contribution is 6.10. The van der Waals surface area contributed by atoms with Crippen molar-refractivity contribution in [1.82, 2.24) is 10.3 Å². The van der Waals surface area contributed by atoms with Crippen LogP contribution in [-0.2, 0) is 24.0 Å². The summed E-state index contributed by atoms with van der Waals surface area (Å²) >= 11 is 0. The summed E-state index contributed by atoms with van der Waals surface area (Å²) in [6, 6.07) is 6.46. The zero-order valence-corrected chi connectivity index (χ0v) is 22.3. The Balaban J connectivity index is 2.14.